The second kappa shape index (κ2) is 7.12. The first kappa shape index (κ1) is 12.8. The average molecular weight is 230 g/mol. The first-order chi connectivity index (χ1) is 7.22. The predicted octanol–water partition coefficient (Wildman–Crippen LogP) is 1.20. The van der Waals surface area contributed by atoms with Gasteiger partial charge in [-0.3, -0.25) is 4.79 Å². The molecule has 1 saturated heterocycles. The topological polar surface area (TPSA) is 32.3 Å². The van der Waals surface area contributed by atoms with Crippen molar-refractivity contribution in [2.45, 2.75) is 19.3 Å². The summed E-state index contributed by atoms with van der Waals surface area (Å²) in [5, 5.41) is 3.03. The van der Waals surface area contributed by atoms with Gasteiger partial charge in [0.05, 0.1) is 0 Å². The van der Waals surface area contributed by atoms with Crippen LogP contribution >= 0.6 is 11.8 Å². The van der Waals surface area contributed by atoms with Gasteiger partial charge in [-0.05, 0) is 45.2 Å². The van der Waals surface area contributed by atoms with Crippen LogP contribution in [0.25, 0.3) is 0 Å². The lowest BCUT2D eigenvalue weighted by Crippen LogP contribution is -2.36. The van der Waals surface area contributed by atoms with E-state index < -0.39 is 0 Å². The highest BCUT2D eigenvalue weighted by atomic mass is 32.2. The fourth-order valence-corrected chi connectivity index (χ4v) is 2.20. The van der Waals surface area contributed by atoms with E-state index in [9.17, 15) is 4.79 Å². The first-order valence-electron chi connectivity index (χ1n) is 5.66. The Morgan fingerprint density at radius 3 is 2.73 bits per heavy atom. The molecule has 1 aliphatic rings. The van der Waals surface area contributed by atoms with E-state index in [4.69, 9.17) is 0 Å². The number of carbonyl (C=O) groups excluding carboxylic acids is 1. The fraction of sp³-hybridized carbons (Fsp3) is 0.909. The van der Waals surface area contributed by atoms with Crippen LogP contribution in [-0.2, 0) is 4.79 Å². The zero-order chi connectivity index (χ0) is 11.1. The number of carbonyl (C=O) groups is 1. The monoisotopic (exact) mass is 230 g/mol. The molecule has 1 heterocycles. The van der Waals surface area contributed by atoms with Crippen LogP contribution in [0.15, 0.2) is 0 Å². The first-order valence-corrected chi connectivity index (χ1v) is 7.06. The molecule has 1 amide bonds. The second-order valence-corrected chi connectivity index (χ2v) is 5.28. The molecule has 0 aliphatic carbocycles. The second-order valence-electron chi connectivity index (χ2n) is 4.29. The average Bonchev–Trinajstić information content (AvgIpc) is 2.25. The lowest BCUT2D eigenvalue weighted by Gasteiger charge is -2.28. The SMILES string of the molecule is CSCCC(=O)NCC1CCN(C)CC1. The molecule has 15 heavy (non-hydrogen) atoms. The Hall–Kier alpha value is -0.220. The summed E-state index contributed by atoms with van der Waals surface area (Å²) in [7, 11) is 2.16. The quantitative estimate of drug-likeness (QED) is 0.770. The third kappa shape index (κ3) is 5.42. The van der Waals surface area contributed by atoms with Crippen molar-refractivity contribution >= 4 is 17.7 Å². The molecule has 1 aliphatic heterocycles. The fourth-order valence-electron chi connectivity index (χ4n) is 1.81. The summed E-state index contributed by atoms with van der Waals surface area (Å²) in [6, 6.07) is 0. The Labute approximate surface area is 97.0 Å². The van der Waals surface area contributed by atoms with Crippen molar-refractivity contribution in [3.05, 3.63) is 0 Å². The van der Waals surface area contributed by atoms with Gasteiger partial charge in [-0.1, -0.05) is 0 Å². The number of hydrogen-bond donors (Lipinski definition) is 1. The third-order valence-corrected chi connectivity index (χ3v) is 3.57. The number of nitrogens with one attached hydrogen (secondary N) is 1. The van der Waals surface area contributed by atoms with Gasteiger partial charge in [-0.15, -0.1) is 0 Å². The maximum Gasteiger partial charge on any atom is 0.220 e. The van der Waals surface area contributed by atoms with Crippen LogP contribution in [0.3, 0.4) is 0 Å². The summed E-state index contributed by atoms with van der Waals surface area (Å²) < 4.78 is 0. The molecule has 0 aromatic rings. The summed E-state index contributed by atoms with van der Waals surface area (Å²) in [5.74, 6) is 1.84. The summed E-state index contributed by atoms with van der Waals surface area (Å²) in [4.78, 5) is 13.7. The van der Waals surface area contributed by atoms with E-state index in [1.807, 2.05) is 6.26 Å². The molecule has 0 spiro atoms. The Morgan fingerprint density at radius 2 is 2.13 bits per heavy atom. The lowest BCUT2D eigenvalue weighted by atomic mass is 9.97. The Kier molecular flexibility index (Phi) is 6.10. The van der Waals surface area contributed by atoms with Crippen molar-refractivity contribution in [3.63, 3.8) is 0 Å². The summed E-state index contributed by atoms with van der Waals surface area (Å²) in [6.07, 6.45) is 5.14. The van der Waals surface area contributed by atoms with E-state index in [0.717, 1.165) is 12.3 Å². The van der Waals surface area contributed by atoms with Gasteiger partial charge in [0, 0.05) is 18.7 Å². The van der Waals surface area contributed by atoms with Crippen LogP contribution in [0.4, 0.5) is 0 Å². The normalized spacial score (nSPS) is 19.1. The van der Waals surface area contributed by atoms with Gasteiger partial charge < -0.3 is 10.2 Å². The van der Waals surface area contributed by atoms with Crippen LogP contribution in [-0.4, -0.2) is 49.5 Å². The van der Waals surface area contributed by atoms with Gasteiger partial charge in [0.1, 0.15) is 0 Å². The van der Waals surface area contributed by atoms with Gasteiger partial charge in [-0.25, -0.2) is 0 Å². The van der Waals surface area contributed by atoms with E-state index in [-0.39, 0.29) is 5.91 Å². The maximum atomic E-state index is 11.4. The molecule has 0 atom stereocenters. The summed E-state index contributed by atoms with van der Waals surface area (Å²) >= 11 is 1.72. The number of rotatable bonds is 5. The standard InChI is InChI=1S/C11H22N2OS/c1-13-6-3-10(4-7-13)9-12-11(14)5-8-15-2/h10H,3-9H2,1-2H3,(H,12,14). The molecule has 0 saturated carbocycles. The minimum Gasteiger partial charge on any atom is -0.356 e. The van der Waals surface area contributed by atoms with Crippen molar-refractivity contribution in [2.75, 3.05) is 38.7 Å². The van der Waals surface area contributed by atoms with Gasteiger partial charge in [0.15, 0.2) is 0 Å². The Morgan fingerprint density at radius 1 is 1.47 bits per heavy atom. The predicted molar refractivity (Wildman–Crippen MR) is 66.2 cm³/mol. The van der Waals surface area contributed by atoms with Crippen molar-refractivity contribution in [1.29, 1.82) is 0 Å². The van der Waals surface area contributed by atoms with Crippen LogP contribution in [0.2, 0.25) is 0 Å². The highest BCUT2D eigenvalue weighted by molar-refractivity contribution is 7.98. The van der Waals surface area contributed by atoms with E-state index in [0.29, 0.717) is 12.3 Å². The maximum absolute atomic E-state index is 11.4. The smallest absolute Gasteiger partial charge is 0.220 e. The molecular weight excluding hydrogens is 208 g/mol. The van der Waals surface area contributed by atoms with Gasteiger partial charge in [0.2, 0.25) is 5.91 Å². The van der Waals surface area contributed by atoms with Crippen LogP contribution in [0.5, 0.6) is 0 Å². The molecule has 0 radical (unpaired) electrons. The van der Waals surface area contributed by atoms with E-state index >= 15 is 0 Å². The molecule has 0 bridgehead atoms. The number of piperidine rings is 1. The lowest BCUT2D eigenvalue weighted by molar-refractivity contribution is -0.120. The van der Waals surface area contributed by atoms with Gasteiger partial charge >= 0.3 is 0 Å². The van der Waals surface area contributed by atoms with Gasteiger partial charge in [0.25, 0.3) is 0 Å². The van der Waals surface area contributed by atoms with Crippen molar-refractivity contribution in [2.24, 2.45) is 5.92 Å². The molecule has 1 N–H and O–H groups in total. The summed E-state index contributed by atoms with van der Waals surface area (Å²) in [6.45, 7) is 3.22. The molecule has 0 aromatic heterocycles. The number of hydrogen-bond acceptors (Lipinski definition) is 3. The number of amides is 1. The number of thioether (sulfide) groups is 1. The molecule has 3 nitrogen and oxygen atoms in total. The zero-order valence-corrected chi connectivity index (χ0v) is 10.6. The highest BCUT2D eigenvalue weighted by Crippen LogP contribution is 2.14. The molecular formula is C11H22N2OS. The molecule has 4 heteroatoms. The van der Waals surface area contributed by atoms with Gasteiger partial charge in [-0.2, -0.15) is 11.8 Å². The van der Waals surface area contributed by atoms with Crippen molar-refractivity contribution in [1.82, 2.24) is 10.2 Å². The van der Waals surface area contributed by atoms with Crippen LogP contribution < -0.4 is 5.32 Å². The van der Waals surface area contributed by atoms with Crippen LogP contribution in [0.1, 0.15) is 19.3 Å². The molecule has 88 valence electrons. The highest BCUT2D eigenvalue weighted by Gasteiger charge is 2.16. The largest absolute Gasteiger partial charge is 0.356 e. The number of likely N-dealkylation sites (tertiary alicyclic amines) is 1. The Bertz CT molecular complexity index is 191. The zero-order valence-electron chi connectivity index (χ0n) is 9.79. The summed E-state index contributed by atoms with van der Waals surface area (Å²) in [5.41, 5.74) is 0. The third-order valence-electron chi connectivity index (χ3n) is 2.96. The minimum atomic E-state index is 0.211. The van der Waals surface area contributed by atoms with Crippen molar-refractivity contribution < 1.29 is 4.79 Å². The van der Waals surface area contributed by atoms with E-state index in [2.05, 4.69) is 17.3 Å². The van der Waals surface area contributed by atoms with Crippen molar-refractivity contribution in [3.8, 4) is 0 Å². The minimum absolute atomic E-state index is 0.211. The molecule has 1 rings (SSSR count). The molecule has 1 fully saturated rings. The Balaban J connectivity index is 2.06. The van der Waals surface area contributed by atoms with E-state index in [1.165, 1.54) is 25.9 Å². The van der Waals surface area contributed by atoms with Crippen LogP contribution in [0, 0.1) is 5.92 Å². The molecule has 0 aromatic carbocycles. The number of nitrogens with zero attached hydrogens (tertiary/aromatic N) is 1. The van der Waals surface area contributed by atoms with E-state index in [1.54, 1.807) is 11.8 Å². The molecule has 0 unspecified atom stereocenters.